The zero-order valence-electron chi connectivity index (χ0n) is 14.6. The summed E-state index contributed by atoms with van der Waals surface area (Å²) in [4.78, 5) is 15.9. The number of hydrogen-bond donors (Lipinski definition) is 2. The molecule has 0 aliphatic heterocycles. The molecule has 3 rings (SSSR count). The maximum Gasteiger partial charge on any atom is 0.249 e. The second kappa shape index (κ2) is 8.06. The summed E-state index contributed by atoms with van der Waals surface area (Å²) < 4.78 is 5.58. The van der Waals surface area contributed by atoms with E-state index in [9.17, 15) is 4.79 Å². The van der Waals surface area contributed by atoms with Crippen LogP contribution in [0.4, 0.5) is 23.1 Å². The van der Waals surface area contributed by atoms with Crippen molar-refractivity contribution in [2.24, 2.45) is 0 Å². The quantitative estimate of drug-likeness (QED) is 0.624. The van der Waals surface area contributed by atoms with Gasteiger partial charge in [-0.05, 0) is 38.1 Å². The Kier molecular flexibility index (Phi) is 5.38. The average molecular weight is 349 g/mol. The van der Waals surface area contributed by atoms with Gasteiger partial charge in [-0.25, -0.2) is 0 Å². The van der Waals surface area contributed by atoms with E-state index in [0.717, 1.165) is 11.4 Å². The number of aromatic nitrogens is 3. The van der Waals surface area contributed by atoms with Crippen molar-refractivity contribution in [2.75, 3.05) is 17.2 Å². The zero-order valence-corrected chi connectivity index (χ0v) is 14.6. The average Bonchev–Trinajstić information content (AvgIpc) is 2.64. The Bertz CT molecular complexity index is 914. The van der Waals surface area contributed by atoms with Crippen molar-refractivity contribution >= 4 is 28.9 Å². The Labute approximate surface area is 151 Å². The van der Waals surface area contributed by atoms with Crippen molar-refractivity contribution < 1.29 is 9.53 Å². The van der Waals surface area contributed by atoms with E-state index in [1.807, 2.05) is 43.3 Å². The SMILES string of the molecule is CCOc1ccccc1Nc1nncc(Nc2cccc(C(C)=O)c2)n1. The number of benzene rings is 2. The van der Waals surface area contributed by atoms with Gasteiger partial charge in [-0.1, -0.05) is 24.3 Å². The van der Waals surface area contributed by atoms with Crippen LogP contribution in [0.25, 0.3) is 0 Å². The molecule has 7 heteroatoms. The standard InChI is InChI=1S/C19H19N5O2/c1-3-26-17-10-5-4-9-16(17)22-19-23-18(12-20-24-19)21-15-8-6-7-14(11-15)13(2)25/h4-12H,3H2,1-2H3,(H2,21,22,23,24). The number of carbonyl (C=O) groups excluding carboxylic acids is 1. The number of Topliss-reactive ketones (excluding diaryl/α,β-unsaturated/α-hetero) is 1. The van der Waals surface area contributed by atoms with Crippen LogP contribution < -0.4 is 15.4 Å². The molecule has 2 N–H and O–H groups in total. The molecule has 2 aromatic carbocycles. The van der Waals surface area contributed by atoms with Gasteiger partial charge >= 0.3 is 0 Å². The molecule has 132 valence electrons. The van der Waals surface area contributed by atoms with Crippen molar-refractivity contribution in [3.63, 3.8) is 0 Å². The lowest BCUT2D eigenvalue weighted by molar-refractivity contribution is 0.101. The van der Waals surface area contributed by atoms with E-state index in [-0.39, 0.29) is 5.78 Å². The van der Waals surface area contributed by atoms with Gasteiger partial charge in [0.1, 0.15) is 5.75 Å². The maximum absolute atomic E-state index is 11.5. The van der Waals surface area contributed by atoms with Crippen LogP contribution >= 0.6 is 0 Å². The highest BCUT2D eigenvalue weighted by molar-refractivity contribution is 5.95. The topological polar surface area (TPSA) is 89.0 Å². The molecule has 26 heavy (non-hydrogen) atoms. The Hall–Kier alpha value is -3.48. The molecule has 0 saturated carbocycles. The van der Waals surface area contributed by atoms with Crippen LogP contribution in [0.2, 0.25) is 0 Å². The van der Waals surface area contributed by atoms with Gasteiger partial charge < -0.3 is 15.4 Å². The Balaban J connectivity index is 1.79. The molecule has 0 aliphatic rings. The second-order valence-electron chi connectivity index (χ2n) is 5.48. The van der Waals surface area contributed by atoms with E-state index in [1.54, 1.807) is 12.1 Å². The lowest BCUT2D eigenvalue weighted by Crippen LogP contribution is -2.04. The molecular weight excluding hydrogens is 330 g/mol. The van der Waals surface area contributed by atoms with Crippen LogP contribution in [0.1, 0.15) is 24.2 Å². The largest absolute Gasteiger partial charge is 0.492 e. The van der Waals surface area contributed by atoms with E-state index in [1.165, 1.54) is 13.1 Å². The molecule has 0 amide bonds. The Morgan fingerprint density at radius 3 is 2.77 bits per heavy atom. The lowest BCUT2D eigenvalue weighted by atomic mass is 10.1. The molecule has 0 bridgehead atoms. The minimum absolute atomic E-state index is 0.00403. The van der Waals surface area contributed by atoms with Gasteiger partial charge in [-0.15, -0.1) is 5.10 Å². The smallest absolute Gasteiger partial charge is 0.249 e. The van der Waals surface area contributed by atoms with Gasteiger partial charge in [0.05, 0.1) is 18.5 Å². The molecule has 1 heterocycles. The summed E-state index contributed by atoms with van der Waals surface area (Å²) in [6.45, 7) is 4.02. The highest BCUT2D eigenvalue weighted by atomic mass is 16.5. The maximum atomic E-state index is 11.5. The molecule has 0 radical (unpaired) electrons. The first-order valence-corrected chi connectivity index (χ1v) is 8.22. The second-order valence-corrected chi connectivity index (χ2v) is 5.48. The summed E-state index contributed by atoms with van der Waals surface area (Å²) >= 11 is 0. The van der Waals surface area contributed by atoms with Gasteiger partial charge in [0.25, 0.3) is 0 Å². The van der Waals surface area contributed by atoms with Crippen LogP contribution in [0.5, 0.6) is 5.75 Å². The fourth-order valence-electron chi connectivity index (χ4n) is 2.35. The first-order chi connectivity index (χ1) is 12.7. The predicted octanol–water partition coefficient (Wildman–Crippen LogP) is 3.96. The highest BCUT2D eigenvalue weighted by Gasteiger charge is 2.07. The van der Waals surface area contributed by atoms with E-state index in [2.05, 4.69) is 25.8 Å². The summed E-state index contributed by atoms with van der Waals surface area (Å²) in [5, 5.41) is 14.2. The minimum atomic E-state index is 0.00403. The number of para-hydroxylation sites is 2. The number of ketones is 1. The van der Waals surface area contributed by atoms with E-state index < -0.39 is 0 Å². The summed E-state index contributed by atoms with van der Waals surface area (Å²) in [6.07, 6.45) is 1.51. The third kappa shape index (κ3) is 4.32. The fourth-order valence-corrected chi connectivity index (χ4v) is 2.35. The Morgan fingerprint density at radius 1 is 1.12 bits per heavy atom. The molecule has 0 aliphatic carbocycles. The van der Waals surface area contributed by atoms with E-state index in [0.29, 0.717) is 29.7 Å². The van der Waals surface area contributed by atoms with Crippen LogP contribution in [0.15, 0.2) is 54.7 Å². The van der Waals surface area contributed by atoms with Crippen molar-refractivity contribution in [3.8, 4) is 5.75 Å². The van der Waals surface area contributed by atoms with Gasteiger partial charge in [0, 0.05) is 11.3 Å². The molecular formula is C19H19N5O2. The lowest BCUT2D eigenvalue weighted by Gasteiger charge is -2.11. The van der Waals surface area contributed by atoms with Crippen LogP contribution in [0.3, 0.4) is 0 Å². The van der Waals surface area contributed by atoms with Crippen molar-refractivity contribution in [3.05, 3.63) is 60.3 Å². The molecule has 7 nitrogen and oxygen atoms in total. The van der Waals surface area contributed by atoms with E-state index in [4.69, 9.17) is 4.74 Å². The fraction of sp³-hybridized carbons (Fsp3) is 0.158. The minimum Gasteiger partial charge on any atom is -0.492 e. The third-order valence-electron chi connectivity index (χ3n) is 3.53. The predicted molar refractivity (Wildman–Crippen MR) is 100 cm³/mol. The van der Waals surface area contributed by atoms with Crippen LogP contribution in [-0.4, -0.2) is 27.6 Å². The van der Waals surface area contributed by atoms with Crippen molar-refractivity contribution in [2.45, 2.75) is 13.8 Å². The zero-order chi connectivity index (χ0) is 18.4. The van der Waals surface area contributed by atoms with Crippen LogP contribution in [0, 0.1) is 0 Å². The van der Waals surface area contributed by atoms with Gasteiger partial charge in [-0.2, -0.15) is 10.1 Å². The summed E-state index contributed by atoms with van der Waals surface area (Å²) in [6, 6.07) is 14.7. The van der Waals surface area contributed by atoms with Gasteiger partial charge in [0.15, 0.2) is 11.6 Å². The number of hydrogen-bond acceptors (Lipinski definition) is 7. The molecule has 0 atom stereocenters. The van der Waals surface area contributed by atoms with Gasteiger partial charge in [-0.3, -0.25) is 4.79 Å². The number of carbonyl (C=O) groups is 1. The highest BCUT2D eigenvalue weighted by Crippen LogP contribution is 2.26. The molecule has 1 aromatic heterocycles. The molecule has 0 fully saturated rings. The molecule has 0 unspecified atom stereocenters. The number of rotatable bonds is 7. The first-order valence-electron chi connectivity index (χ1n) is 8.22. The number of nitrogens with zero attached hydrogens (tertiary/aromatic N) is 3. The summed E-state index contributed by atoms with van der Waals surface area (Å²) in [7, 11) is 0. The first kappa shape index (κ1) is 17.3. The number of anilines is 4. The monoisotopic (exact) mass is 349 g/mol. The normalized spacial score (nSPS) is 10.2. The summed E-state index contributed by atoms with van der Waals surface area (Å²) in [5.74, 6) is 1.57. The van der Waals surface area contributed by atoms with Gasteiger partial charge in [0.2, 0.25) is 5.95 Å². The molecule has 0 spiro atoms. The Morgan fingerprint density at radius 2 is 1.96 bits per heavy atom. The van der Waals surface area contributed by atoms with Crippen molar-refractivity contribution in [1.82, 2.24) is 15.2 Å². The third-order valence-corrected chi connectivity index (χ3v) is 3.53. The molecule has 3 aromatic rings. The van der Waals surface area contributed by atoms with Crippen molar-refractivity contribution in [1.29, 1.82) is 0 Å². The van der Waals surface area contributed by atoms with E-state index >= 15 is 0 Å². The number of ether oxygens (including phenoxy) is 1. The van der Waals surface area contributed by atoms with Crippen LogP contribution in [-0.2, 0) is 0 Å². The number of nitrogens with one attached hydrogen (secondary N) is 2. The summed E-state index contributed by atoms with van der Waals surface area (Å²) in [5.41, 5.74) is 2.13. The molecule has 0 saturated heterocycles.